The van der Waals surface area contributed by atoms with Crippen LogP contribution in [0.2, 0.25) is 0 Å². The van der Waals surface area contributed by atoms with Crippen molar-refractivity contribution in [2.75, 3.05) is 14.2 Å². The van der Waals surface area contributed by atoms with Gasteiger partial charge in [-0.25, -0.2) is 8.42 Å². The number of hydrogen-bond donors (Lipinski definition) is 1. The van der Waals surface area contributed by atoms with Crippen LogP contribution >= 0.6 is 0 Å². The van der Waals surface area contributed by atoms with E-state index in [1.165, 1.54) is 18.5 Å². The van der Waals surface area contributed by atoms with Crippen LogP contribution in [0.15, 0.2) is 11.2 Å². The summed E-state index contributed by atoms with van der Waals surface area (Å²) in [5, 5.41) is 9.12. The van der Waals surface area contributed by atoms with Gasteiger partial charge in [-0.05, 0) is 12.8 Å². The standard InChI is InChI=1S/C12H16N4O6S/c1-21-11(17)9-6-3-4-7(10(9)12(18)22-2)16(6)23(19,20)8-5-13-15-14-8/h5-7,9-10H,3-4H2,1-2H3,(H,13,14,15)/t6-,7+,9+,10-. The van der Waals surface area contributed by atoms with Crippen molar-refractivity contribution in [2.24, 2.45) is 11.8 Å². The summed E-state index contributed by atoms with van der Waals surface area (Å²) in [6, 6.07) is -1.31. The Morgan fingerprint density at radius 1 is 1.17 bits per heavy atom. The van der Waals surface area contributed by atoms with Crippen molar-refractivity contribution in [1.29, 1.82) is 0 Å². The van der Waals surface area contributed by atoms with Crippen molar-refractivity contribution in [2.45, 2.75) is 30.0 Å². The first kappa shape index (κ1) is 15.9. The predicted octanol–water partition coefficient (Wildman–Crippen LogP) is -1.08. The van der Waals surface area contributed by atoms with Gasteiger partial charge in [0.2, 0.25) is 5.03 Å². The zero-order chi connectivity index (χ0) is 16.8. The van der Waals surface area contributed by atoms with E-state index in [2.05, 4.69) is 15.4 Å². The number of ether oxygens (including phenoxy) is 2. The number of rotatable bonds is 4. The number of methoxy groups -OCH3 is 2. The molecule has 3 rings (SSSR count). The Kier molecular flexibility index (Phi) is 3.84. The first-order chi connectivity index (χ1) is 10.9. The second-order valence-electron chi connectivity index (χ2n) is 5.45. The summed E-state index contributed by atoms with van der Waals surface area (Å²) in [5.41, 5.74) is 0. The van der Waals surface area contributed by atoms with Gasteiger partial charge in [0.25, 0.3) is 10.0 Å². The van der Waals surface area contributed by atoms with Crippen LogP contribution in [-0.2, 0) is 29.1 Å². The molecule has 10 nitrogen and oxygen atoms in total. The fraction of sp³-hybridized carbons (Fsp3) is 0.667. The average Bonchev–Trinajstić information content (AvgIpc) is 3.26. The molecule has 4 atom stereocenters. The third kappa shape index (κ3) is 2.22. The van der Waals surface area contributed by atoms with Gasteiger partial charge in [0.05, 0.1) is 32.3 Å². The summed E-state index contributed by atoms with van der Waals surface area (Å²) in [6.07, 6.45) is 2.03. The Morgan fingerprint density at radius 3 is 2.09 bits per heavy atom. The fourth-order valence-corrected chi connectivity index (χ4v) is 5.40. The van der Waals surface area contributed by atoms with Crippen LogP contribution in [0.25, 0.3) is 0 Å². The molecule has 1 N–H and O–H groups in total. The maximum Gasteiger partial charge on any atom is 0.311 e. The average molecular weight is 344 g/mol. The first-order valence-electron chi connectivity index (χ1n) is 6.98. The second-order valence-corrected chi connectivity index (χ2v) is 7.24. The molecule has 0 spiro atoms. The van der Waals surface area contributed by atoms with E-state index < -0.39 is 45.9 Å². The maximum absolute atomic E-state index is 12.8. The number of hydrogen-bond acceptors (Lipinski definition) is 8. The van der Waals surface area contributed by atoms with Crippen molar-refractivity contribution in [3.8, 4) is 0 Å². The second kappa shape index (κ2) is 5.57. The molecule has 2 fully saturated rings. The number of aromatic nitrogens is 3. The highest BCUT2D eigenvalue weighted by Gasteiger charge is 2.63. The molecule has 0 aromatic carbocycles. The molecule has 3 heterocycles. The maximum atomic E-state index is 12.8. The highest BCUT2D eigenvalue weighted by atomic mass is 32.2. The lowest BCUT2D eigenvalue weighted by atomic mass is 9.79. The summed E-state index contributed by atoms with van der Waals surface area (Å²) < 4.78 is 36.2. The zero-order valence-corrected chi connectivity index (χ0v) is 13.3. The highest BCUT2D eigenvalue weighted by molar-refractivity contribution is 7.89. The van der Waals surface area contributed by atoms with E-state index in [1.807, 2.05) is 0 Å². The summed E-state index contributed by atoms with van der Waals surface area (Å²) in [6.45, 7) is 0. The minimum Gasteiger partial charge on any atom is -0.469 e. The molecule has 2 saturated heterocycles. The Bertz CT molecular complexity index is 688. The summed E-state index contributed by atoms with van der Waals surface area (Å²) in [7, 11) is -1.55. The Labute approximate surface area is 132 Å². The molecule has 1 aromatic rings. The lowest BCUT2D eigenvalue weighted by Gasteiger charge is -2.24. The number of H-pyrrole nitrogens is 1. The molecule has 2 aliphatic rings. The van der Waals surface area contributed by atoms with Gasteiger partial charge >= 0.3 is 11.9 Å². The molecule has 0 unspecified atom stereocenters. The van der Waals surface area contributed by atoms with E-state index in [9.17, 15) is 18.0 Å². The quantitative estimate of drug-likeness (QED) is 0.682. The van der Waals surface area contributed by atoms with Gasteiger partial charge in [-0.1, -0.05) is 0 Å². The summed E-state index contributed by atoms with van der Waals surface area (Å²) in [5.74, 6) is -3.00. The molecule has 23 heavy (non-hydrogen) atoms. The normalized spacial score (nSPS) is 30.3. The minimum atomic E-state index is -3.97. The molecule has 0 amide bonds. The monoisotopic (exact) mass is 344 g/mol. The van der Waals surface area contributed by atoms with Crippen LogP contribution in [0, 0.1) is 11.8 Å². The van der Waals surface area contributed by atoms with Gasteiger partial charge in [-0.2, -0.15) is 14.6 Å². The predicted molar refractivity (Wildman–Crippen MR) is 73.2 cm³/mol. The smallest absolute Gasteiger partial charge is 0.311 e. The van der Waals surface area contributed by atoms with Crippen molar-refractivity contribution in [1.82, 2.24) is 19.7 Å². The number of nitrogens with one attached hydrogen (secondary N) is 1. The van der Waals surface area contributed by atoms with E-state index in [4.69, 9.17) is 9.47 Å². The van der Waals surface area contributed by atoms with E-state index in [1.54, 1.807) is 0 Å². The van der Waals surface area contributed by atoms with Gasteiger partial charge in [-0.15, -0.1) is 5.10 Å². The van der Waals surface area contributed by atoms with Crippen molar-refractivity contribution >= 4 is 22.0 Å². The number of aromatic amines is 1. The number of nitrogens with zero attached hydrogens (tertiary/aromatic N) is 3. The minimum absolute atomic E-state index is 0.247. The van der Waals surface area contributed by atoms with E-state index >= 15 is 0 Å². The van der Waals surface area contributed by atoms with Gasteiger partial charge in [0, 0.05) is 12.1 Å². The number of carbonyl (C=O) groups excluding carboxylic acids is 2. The van der Waals surface area contributed by atoms with Crippen LogP contribution < -0.4 is 0 Å². The van der Waals surface area contributed by atoms with E-state index in [-0.39, 0.29) is 5.03 Å². The molecular formula is C12H16N4O6S. The molecule has 0 saturated carbocycles. The topological polar surface area (TPSA) is 132 Å². The first-order valence-corrected chi connectivity index (χ1v) is 8.42. The molecule has 0 radical (unpaired) electrons. The lowest BCUT2D eigenvalue weighted by molar-refractivity contribution is -0.157. The van der Waals surface area contributed by atoms with Crippen molar-refractivity contribution in [3.63, 3.8) is 0 Å². The summed E-state index contributed by atoms with van der Waals surface area (Å²) in [4.78, 5) is 24.2. The lowest BCUT2D eigenvalue weighted by Crippen LogP contribution is -2.39. The van der Waals surface area contributed by atoms with Gasteiger partial charge in [0.15, 0.2) is 0 Å². The zero-order valence-electron chi connectivity index (χ0n) is 12.5. The van der Waals surface area contributed by atoms with E-state index in [0.717, 1.165) is 6.20 Å². The third-order valence-electron chi connectivity index (χ3n) is 4.51. The molecule has 2 aliphatic heterocycles. The van der Waals surface area contributed by atoms with E-state index in [0.29, 0.717) is 12.8 Å². The van der Waals surface area contributed by atoms with Gasteiger partial charge in [-0.3, -0.25) is 9.59 Å². The Morgan fingerprint density at radius 2 is 1.70 bits per heavy atom. The van der Waals surface area contributed by atoms with Gasteiger partial charge in [0.1, 0.15) is 0 Å². The molecule has 0 aliphatic carbocycles. The largest absolute Gasteiger partial charge is 0.469 e. The third-order valence-corrected chi connectivity index (χ3v) is 6.33. The van der Waals surface area contributed by atoms with Crippen molar-refractivity contribution in [3.05, 3.63) is 6.20 Å². The fourth-order valence-electron chi connectivity index (χ4n) is 3.66. The Balaban J connectivity index is 2.04. The van der Waals surface area contributed by atoms with Crippen LogP contribution in [0.5, 0.6) is 0 Å². The molecule has 1 aromatic heterocycles. The van der Waals surface area contributed by atoms with Crippen LogP contribution in [0.4, 0.5) is 0 Å². The SMILES string of the molecule is COC(=O)[C@@H]1[C@H](C(=O)OC)[C@@H]2CC[C@H]1N2S(=O)(=O)c1cn[nH]n1. The van der Waals surface area contributed by atoms with Gasteiger partial charge < -0.3 is 9.47 Å². The molecule has 126 valence electrons. The van der Waals surface area contributed by atoms with Crippen LogP contribution in [0.1, 0.15) is 12.8 Å². The summed E-state index contributed by atoms with van der Waals surface area (Å²) >= 11 is 0. The van der Waals surface area contributed by atoms with Crippen LogP contribution in [0.3, 0.4) is 0 Å². The molecular weight excluding hydrogens is 328 g/mol. The Hall–Kier alpha value is -2.01. The molecule has 11 heteroatoms. The number of esters is 2. The number of carbonyl (C=O) groups is 2. The molecule has 2 bridgehead atoms. The van der Waals surface area contributed by atoms with Crippen molar-refractivity contribution < 1.29 is 27.5 Å². The van der Waals surface area contributed by atoms with Crippen LogP contribution in [-0.4, -0.2) is 66.4 Å². The number of sulfonamides is 1. The highest BCUT2D eigenvalue weighted by Crippen LogP contribution is 2.49. The number of fused-ring (bicyclic) bond motifs is 2.